The summed E-state index contributed by atoms with van der Waals surface area (Å²) in [5.74, 6) is 0.164. The van der Waals surface area contributed by atoms with E-state index in [1.165, 1.54) is 12.1 Å². The van der Waals surface area contributed by atoms with Gasteiger partial charge in [-0.3, -0.25) is 0 Å². The van der Waals surface area contributed by atoms with Crippen LogP contribution in [0.2, 0.25) is 0 Å². The van der Waals surface area contributed by atoms with E-state index in [2.05, 4.69) is 10.2 Å². The summed E-state index contributed by atoms with van der Waals surface area (Å²) < 4.78 is 12.9. The molecule has 0 aromatic heterocycles. The molecule has 1 aromatic carbocycles. The van der Waals surface area contributed by atoms with Gasteiger partial charge in [-0.25, -0.2) is 9.18 Å². The number of nitrogens with one attached hydrogen (secondary N) is 1. The number of anilines is 1. The van der Waals surface area contributed by atoms with E-state index in [9.17, 15) is 9.18 Å². The predicted octanol–water partition coefficient (Wildman–Crippen LogP) is 1.68. The Hall–Kier alpha value is -1.82. The Morgan fingerprint density at radius 3 is 2.82 bits per heavy atom. The van der Waals surface area contributed by atoms with Gasteiger partial charge in [-0.1, -0.05) is 0 Å². The summed E-state index contributed by atoms with van der Waals surface area (Å²) in [7, 11) is 0. The van der Waals surface area contributed by atoms with Gasteiger partial charge in [0.1, 0.15) is 5.82 Å². The van der Waals surface area contributed by atoms with Crippen LogP contribution < -0.4 is 10.2 Å². The van der Waals surface area contributed by atoms with Crippen LogP contribution in [0, 0.1) is 11.7 Å². The zero-order chi connectivity index (χ0) is 15.9. The van der Waals surface area contributed by atoms with Crippen molar-refractivity contribution in [2.24, 2.45) is 5.92 Å². The summed E-state index contributed by atoms with van der Waals surface area (Å²) in [6.07, 6.45) is 1.00. The average Bonchev–Trinajstić information content (AvgIpc) is 3.00. The maximum Gasteiger partial charge on any atom is 0.317 e. The molecule has 0 radical (unpaired) electrons. The lowest BCUT2D eigenvalue weighted by molar-refractivity contribution is 0.179. The molecule has 1 aromatic rings. The molecule has 5 nitrogen and oxygen atoms in total. The molecular weight excluding hydrogens is 285 g/mol. The van der Waals surface area contributed by atoms with E-state index in [-0.39, 0.29) is 18.5 Å². The molecule has 2 rings (SSSR count). The van der Waals surface area contributed by atoms with Crippen molar-refractivity contribution in [1.82, 2.24) is 10.2 Å². The van der Waals surface area contributed by atoms with Crippen LogP contribution >= 0.6 is 0 Å². The molecule has 22 heavy (non-hydrogen) atoms. The van der Waals surface area contributed by atoms with Crippen LogP contribution in [0.25, 0.3) is 0 Å². The molecule has 2 N–H and O–H groups in total. The van der Waals surface area contributed by atoms with Crippen molar-refractivity contribution in [2.45, 2.75) is 13.3 Å². The number of rotatable bonds is 6. The molecule has 1 aliphatic rings. The molecule has 1 unspecified atom stereocenters. The van der Waals surface area contributed by atoms with Crippen LogP contribution in [0.5, 0.6) is 0 Å². The number of carbonyl (C=O) groups is 1. The lowest BCUT2D eigenvalue weighted by Crippen LogP contribution is -2.43. The second-order valence-corrected chi connectivity index (χ2v) is 5.57. The van der Waals surface area contributed by atoms with Gasteiger partial charge in [0.15, 0.2) is 0 Å². The number of likely N-dealkylation sites (N-methyl/N-ethyl adjacent to an activating group) is 1. The van der Waals surface area contributed by atoms with E-state index in [0.29, 0.717) is 25.6 Å². The van der Waals surface area contributed by atoms with E-state index < -0.39 is 0 Å². The third kappa shape index (κ3) is 4.34. The van der Waals surface area contributed by atoms with Gasteiger partial charge in [0.2, 0.25) is 0 Å². The Bertz CT molecular complexity index is 481. The third-order valence-corrected chi connectivity index (χ3v) is 4.06. The highest BCUT2D eigenvalue weighted by molar-refractivity contribution is 5.74. The summed E-state index contributed by atoms with van der Waals surface area (Å²) in [6.45, 7) is 5.20. The van der Waals surface area contributed by atoms with Gasteiger partial charge in [-0.05, 0) is 43.5 Å². The van der Waals surface area contributed by atoms with Gasteiger partial charge in [-0.15, -0.1) is 0 Å². The van der Waals surface area contributed by atoms with Crippen LogP contribution in [0.3, 0.4) is 0 Å². The highest BCUT2D eigenvalue weighted by atomic mass is 19.1. The smallest absolute Gasteiger partial charge is 0.317 e. The van der Waals surface area contributed by atoms with Crippen molar-refractivity contribution < 1.29 is 14.3 Å². The first-order valence-electron chi connectivity index (χ1n) is 7.78. The number of aliphatic hydroxyl groups excluding tert-OH is 1. The second kappa shape index (κ2) is 7.98. The number of urea groups is 1. The van der Waals surface area contributed by atoms with Crippen LogP contribution in [0.15, 0.2) is 24.3 Å². The molecule has 0 saturated carbocycles. The summed E-state index contributed by atoms with van der Waals surface area (Å²) >= 11 is 0. The van der Waals surface area contributed by atoms with E-state index in [0.717, 1.165) is 25.2 Å². The molecule has 0 aliphatic carbocycles. The minimum Gasteiger partial charge on any atom is -0.395 e. The number of hydrogen-bond donors (Lipinski definition) is 2. The molecule has 6 heteroatoms. The molecule has 0 bridgehead atoms. The minimum atomic E-state index is -0.227. The molecular formula is C16H24FN3O2. The third-order valence-electron chi connectivity index (χ3n) is 4.06. The number of carbonyl (C=O) groups excluding carboxylic acids is 1. The maximum atomic E-state index is 12.9. The summed E-state index contributed by atoms with van der Waals surface area (Å²) in [4.78, 5) is 15.8. The largest absolute Gasteiger partial charge is 0.395 e. The Morgan fingerprint density at radius 1 is 1.45 bits per heavy atom. The standard InChI is InChI=1S/C16H24FN3O2/c1-2-19(9-10-21)16(22)18-11-13-7-8-20(12-13)15-5-3-14(17)4-6-15/h3-6,13,21H,2,7-12H2,1H3,(H,18,22). The fourth-order valence-electron chi connectivity index (χ4n) is 2.75. The summed E-state index contributed by atoms with van der Waals surface area (Å²) in [5.41, 5.74) is 1.02. The first kappa shape index (κ1) is 16.5. The van der Waals surface area contributed by atoms with Crippen molar-refractivity contribution in [1.29, 1.82) is 0 Å². The number of halogens is 1. The fraction of sp³-hybridized carbons (Fsp3) is 0.562. The minimum absolute atomic E-state index is 0.0248. The predicted molar refractivity (Wildman–Crippen MR) is 84.5 cm³/mol. The monoisotopic (exact) mass is 309 g/mol. The van der Waals surface area contributed by atoms with Crippen molar-refractivity contribution in [2.75, 3.05) is 44.2 Å². The van der Waals surface area contributed by atoms with Gasteiger partial charge in [0.25, 0.3) is 0 Å². The molecule has 2 amide bonds. The number of amides is 2. The average molecular weight is 309 g/mol. The Kier molecular flexibility index (Phi) is 6.00. The SMILES string of the molecule is CCN(CCO)C(=O)NCC1CCN(c2ccc(F)cc2)C1. The van der Waals surface area contributed by atoms with Gasteiger partial charge in [-0.2, -0.15) is 0 Å². The van der Waals surface area contributed by atoms with E-state index in [1.807, 2.05) is 6.92 Å². The van der Waals surface area contributed by atoms with E-state index in [1.54, 1.807) is 17.0 Å². The molecule has 1 heterocycles. The maximum absolute atomic E-state index is 12.9. The normalized spacial score (nSPS) is 17.6. The number of hydrogen-bond acceptors (Lipinski definition) is 3. The lowest BCUT2D eigenvalue weighted by Gasteiger charge is -2.22. The highest BCUT2D eigenvalue weighted by Gasteiger charge is 2.23. The van der Waals surface area contributed by atoms with Crippen LogP contribution in [0.1, 0.15) is 13.3 Å². The van der Waals surface area contributed by atoms with E-state index >= 15 is 0 Å². The summed E-state index contributed by atoms with van der Waals surface area (Å²) in [6, 6.07) is 6.39. The molecule has 122 valence electrons. The molecule has 1 atom stereocenters. The number of nitrogens with zero attached hydrogens (tertiary/aromatic N) is 2. The second-order valence-electron chi connectivity index (χ2n) is 5.57. The van der Waals surface area contributed by atoms with Crippen LogP contribution in [0.4, 0.5) is 14.9 Å². The summed E-state index contributed by atoms with van der Waals surface area (Å²) in [5, 5.41) is 11.9. The Labute approximate surface area is 130 Å². The van der Waals surface area contributed by atoms with Crippen LogP contribution in [-0.4, -0.2) is 55.4 Å². The van der Waals surface area contributed by atoms with E-state index in [4.69, 9.17) is 5.11 Å². The lowest BCUT2D eigenvalue weighted by atomic mass is 10.1. The van der Waals surface area contributed by atoms with Crippen molar-refractivity contribution in [3.05, 3.63) is 30.1 Å². The van der Waals surface area contributed by atoms with Crippen molar-refractivity contribution in [3.8, 4) is 0 Å². The zero-order valence-corrected chi connectivity index (χ0v) is 13.0. The first-order chi connectivity index (χ1) is 10.6. The zero-order valence-electron chi connectivity index (χ0n) is 13.0. The molecule has 0 spiro atoms. The molecule has 1 fully saturated rings. The first-order valence-corrected chi connectivity index (χ1v) is 7.78. The van der Waals surface area contributed by atoms with Crippen molar-refractivity contribution >= 4 is 11.7 Å². The van der Waals surface area contributed by atoms with Crippen LogP contribution in [-0.2, 0) is 0 Å². The fourth-order valence-corrected chi connectivity index (χ4v) is 2.75. The number of aliphatic hydroxyl groups is 1. The topological polar surface area (TPSA) is 55.8 Å². The Morgan fingerprint density at radius 2 is 2.18 bits per heavy atom. The molecule has 1 saturated heterocycles. The molecule has 1 aliphatic heterocycles. The Balaban J connectivity index is 1.79. The van der Waals surface area contributed by atoms with Gasteiger partial charge in [0.05, 0.1) is 6.61 Å². The number of benzene rings is 1. The quantitative estimate of drug-likeness (QED) is 0.840. The highest BCUT2D eigenvalue weighted by Crippen LogP contribution is 2.23. The van der Waals surface area contributed by atoms with Gasteiger partial charge >= 0.3 is 6.03 Å². The van der Waals surface area contributed by atoms with Gasteiger partial charge in [0, 0.05) is 38.4 Å². The van der Waals surface area contributed by atoms with Crippen molar-refractivity contribution in [3.63, 3.8) is 0 Å². The van der Waals surface area contributed by atoms with Gasteiger partial charge < -0.3 is 20.2 Å².